The van der Waals surface area contributed by atoms with Crippen molar-refractivity contribution < 1.29 is 9.47 Å². The highest BCUT2D eigenvalue weighted by Gasteiger charge is 2.22. The molecule has 0 amide bonds. The molecule has 1 heterocycles. The van der Waals surface area contributed by atoms with Crippen LogP contribution in [0.5, 0.6) is 0 Å². The first kappa shape index (κ1) is 7.25. The van der Waals surface area contributed by atoms with Crippen LogP contribution in [0.4, 0.5) is 0 Å². The second-order valence-corrected chi connectivity index (χ2v) is 4.86. The summed E-state index contributed by atoms with van der Waals surface area (Å²) in [7, 11) is 1.23. The molecule has 3 heteroatoms. The topological polar surface area (TPSA) is 21.8 Å². The maximum absolute atomic E-state index is 5.33. The van der Waals surface area contributed by atoms with Crippen LogP contribution in [0.15, 0.2) is 0 Å². The minimum atomic E-state index is 0.436. The maximum Gasteiger partial charge on any atom is 0.104 e. The Balaban J connectivity index is 1.81. The summed E-state index contributed by atoms with van der Waals surface area (Å²) in [4.78, 5) is 0. The van der Waals surface area contributed by atoms with Crippen LogP contribution < -0.4 is 0 Å². The van der Waals surface area contributed by atoms with Crippen LogP contribution in [0.2, 0.25) is 5.54 Å². The van der Waals surface area contributed by atoms with Gasteiger partial charge in [-0.05, 0) is 5.54 Å². The van der Waals surface area contributed by atoms with E-state index < -0.39 is 0 Å². The molecule has 9 heavy (non-hydrogen) atoms. The third-order valence-corrected chi connectivity index (χ3v) is 1.49. The normalized spacial score (nSPS) is 28.3. The van der Waals surface area contributed by atoms with E-state index in [1.54, 1.807) is 0 Å². The van der Waals surface area contributed by atoms with Crippen molar-refractivity contribution in [3.05, 3.63) is 0 Å². The highest BCUT2D eigenvalue weighted by atomic mass is 28.1. The summed E-state index contributed by atoms with van der Waals surface area (Å²) in [6, 6.07) is 0. The Kier molecular flexibility index (Phi) is 2.69. The summed E-state index contributed by atoms with van der Waals surface area (Å²) < 4.78 is 10.3. The van der Waals surface area contributed by atoms with Gasteiger partial charge in [-0.3, -0.25) is 0 Å². The van der Waals surface area contributed by atoms with Crippen molar-refractivity contribution >= 4 is 10.2 Å². The Bertz CT molecular complexity index is 79.1. The SMILES string of the molecule is CC([SiH3])COCC1CO1. The van der Waals surface area contributed by atoms with Gasteiger partial charge in [0.05, 0.1) is 13.2 Å². The van der Waals surface area contributed by atoms with Gasteiger partial charge in [-0.1, -0.05) is 6.92 Å². The van der Waals surface area contributed by atoms with Crippen molar-refractivity contribution in [2.45, 2.75) is 18.6 Å². The van der Waals surface area contributed by atoms with Crippen LogP contribution in [0, 0.1) is 0 Å². The molecule has 0 aliphatic carbocycles. The van der Waals surface area contributed by atoms with Crippen molar-refractivity contribution in [1.29, 1.82) is 0 Å². The third kappa shape index (κ3) is 3.67. The molecule has 2 nitrogen and oxygen atoms in total. The molecule has 54 valence electrons. The molecule has 2 atom stereocenters. The van der Waals surface area contributed by atoms with E-state index in [1.807, 2.05) is 0 Å². The quantitative estimate of drug-likeness (QED) is 0.397. The second-order valence-electron chi connectivity index (χ2n) is 2.89. The average molecular weight is 146 g/mol. The Morgan fingerprint density at radius 1 is 1.89 bits per heavy atom. The number of hydrogen-bond donors (Lipinski definition) is 0. The smallest absolute Gasteiger partial charge is 0.104 e. The van der Waals surface area contributed by atoms with E-state index in [-0.39, 0.29) is 0 Å². The van der Waals surface area contributed by atoms with Gasteiger partial charge in [0.2, 0.25) is 0 Å². The van der Waals surface area contributed by atoms with Crippen LogP contribution in [0.25, 0.3) is 0 Å². The van der Waals surface area contributed by atoms with Gasteiger partial charge in [0.25, 0.3) is 0 Å². The van der Waals surface area contributed by atoms with E-state index in [0.717, 1.165) is 25.4 Å². The van der Waals surface area contributed by atoms with E-state index in [9.17, 15) is 0 Å². The van der Waals surface area contributed by atoms with Crippen molar-refractivity contribution in [2.75, 3.05) is 19.8 Å². The number of ether oxygens (including phenoxy) is 2. The lowest BCUT2D eigenvalue weighted by atomic mass is 10.5. The first-order valence-corrected chi connectivity index (χ1v) is 4.64. The van der Waals surface area contributed by atoms with Crippen LogP contribution in [-0.2, 0) is 9.47 Å². The molecule has 1 fully saturated rings. The van der Waals surface area contributed by atoms with Crippen molar-refractivity contribution in [2.24, 2.45) is 0 Å². The fraction of sp³-hybridized carbons (Fsp3) is 1.00. The molecule has 2 unspecified atom stereocenters. The monoisotopic (exact) mass is 146 g/mol. The van der Waals surface area contributed by atoms with E-state index in [2.05, 4.69) is 6.92 Å². The molecule has 1 saturated heterocycles. The van der Waals surface area contributed by atoms with E-state index >= 15 is 0 Å². The average Bonchev–Trinajstić information content (AvgIpc) is 2.48. The van der Waals surface area contributed by atoms with Crippen LogP contribution in [-0.4, -0.2) is 36.2 Å². The van der Waals surface area contributed by atoms with Gasteiger partial charge in [0.15, 0.2) is 0 Å². The molecule has 0 aromatic heterocycles. The molecule has 1 aliphatic heterocycles. The predicted molar refractivity (Wildman–Crippen MR) is 39.9 cm³/mol. The zero-order valence-corrected chi connectivity index (χ0v) is 8.09. The molecule has 0 bridgehead atoms. The lowest BCUT2D eigenvalue weighted by Crippen LogP contribution is -2.05. The van der Waals surface area contributed by atoms with Crippen LogP contribution in [0.3, 0.4) is 0 Å². The van der Waals surface area contributed by atoms with Crippen molar-refractivity contribution in [3.63, 3.8) is 0 Å². The zero-order valence-electron chi connectivity index (χ0n) is 6.09. The molecule has 0 spiro atoms. The number of hydrogen-bond acceptors (Lipinski definition) is 2. The Morgan fingerprint density at radius 2 is 2.56 bits per heavy atom. The lowest BCUT2D eigenvalue weighted by molar-refractivity contribution is 0.117. The van der Waals surface area contributed by atoms with Gasteiger partial charge in [-0.25, -0.2) is 0 Å². The molecule has 1 rings (SSSR count). The number of rotatable bonds is 4. The van der Waals surface area contributed by atoms with Gasteiger partial charge < -0.3 is 9.47 Å². The summed E-state index contributed by atoms with van der Waals surface area (Å²) >= 11 is 0. The fourth-order valence-electron chi connectivity index (χ4n) is 0.599. The summed E-state index contributed by atoms with van der Waals surface area (Å²) in [5.74, 6) is 0. The van der Waals surface area contributed by atoms with Gasteiger partial charge in [0, 0.05) is 16.8 Å². The molecular formula is C6H14O2Si. The largest absolute Gasteiger partial charge is 0.379 e. The van der Waals surface area contributed by atoms with Gasteiger partial charge in [0.1, 0.15) is 6.10 Å². The number of epoxide rings is 1. The summed E-state index contributed by atoms with van der Waals surface area (Å²) in [5, 5.41) is 0. The Labute approximate surface area is 59.0 Å². The molecule has 0 saturated carbocycles. The summed E-state index contributed by atoms with van der Waals surface area (Å²) in [6.07, 6.45) is 0.436. The minimum absolute atomic E-state index is 0.436. The highest BCUT2D eigenvalue weighted by Crippen LogP contribution is 2.09. The molecule has 1 aliphatic rings. The highest BCUT2D eigenvalue weighted by molar-refractivity contribution is 6.11. The van der Waals surface area contributed by atoms with Gasteiger partial charge in [-0.15, -0.1) is 0 Å². The molecule has 0 aromatic carbocycles. The van der Waals surface area contributed by atoms with Gasteiger partial charge >= 0.3 is 0 Å². The first-order chi connectivity index (χ1) is 4.29. The van der Waals surface area contributed by atoms with Crippen molar-refractivity contribution in [1.82, 2.24) is 0 Å². The minimum Gasteiger partial charge on any atom is -0.379 e. The second kappa shape index (κ2) is 3.34. The first-order valence-electron chi connectivity index (χ1n) is 3.48. The van der Waals surface area contributed by atoms with Crippen LogP contribution >= 0.6 is 0 Å². The predicted octanol–water partition coefficient (Wildman–Crippen LogP) is -0.424. The van der Waals surface area contributed by atoms with Crippen molar-refractivity contribution in [3.8, 4) is 0 Å². The Morgan fingerprint density at radius 3 is 3.00 bits per heavy atom. The lowest BCUT2D eigenvalue weighted by Gasteiger charge is -2.03. The third-order valence-electron chi connectivity index (χ3n) is 1.16. The fourth-order valence-corrected chi connectivity index (χ4v) is 0.835. The zero-order chi connectivity index (χ0) is 6.69. The van der Waals surface area contributed by atoms with Gasteiger partial charge in [-0.2, -0.15) is 0 Å². The maximum atomic E-state index is 5.33. The van der Waals surface area contributed by atoms with E-state index in [1.165, 1.54) is 10.2 Å². The summed E-state index contributed by atoms with van der Waals surface area (Å²) in [6.45, 7) is 4.86. The molecule has 0 radical (unpaired) electrons. The molecule has 0 N–H and O–H groups in total. The van der Waals surface area contributed by atoms with Crippen LogP contribution in [0.1, 0.15) is 6.92 Å². The standard InChI is InChI=1S/C6H14O2Si/c1-5(9)2-7-3-6-4-8-6/h5-6H,2-4H2,1,9H3. The molecular weight excluding hydrogens is 132 g/mol. The Hall–Kier alpha value is 0.137. The summed E-state index contributed by atoms with van der Waals surface area (Å²) in [5.41, 5.74) is 0.781. The van der Waals surface area contributed by atoms with E-state index in [4.69, 9.17) is 9.47 Å². The molecule has 0 aromatic rings. The van der Waals surface area contributed by atoms with E-state index in [0.29, 0.717) is 6.10 Å².